The van der Waals surface area contributed by atoms with E-state index in [9.17, 15) is 0 Å². The predicted octanol–water partition coefficient (Wildman–Crippen LogP) is 1.36. The summed E-state index contributed by atoms with van der Waals surface area (Å²) in [7, 11) is 0. The SMILES string of the molecule is NC(CO)c1nc2ccccc2n1C1CC1. The average Bonchev–Trinajstić information content (AvgIpc) is 3.08. The number of rotatable bonds is 3. The topological polar surface area (TPSA) is 64.1 Å². The van der Waals surface area contributed by atoms with Crippen molar-refractivity contribution in [1.82, 2.24) is 9.55 Å². The zero-order valence-electron chi connectivity index (χ0n) is 9.00. The minimum absolute atomic E-state index is 0.0595. The summed E-state index contributed by atoms with van der Waals surface area (Å²) in [4.78, 5) is 4.52. The zero-order valence-corrected chi connectivity index (χ0v) is 9.00. The first-order valence-electron chi connectivity index (χ1n) is 5.64. The van der Waals surface area contributed by atoms with Crippen molar-refractivity contribution in [3.05, 3.63) is 30.1 Å². The van der Waals surface area contributed by atoms with Gasteiger partial charge in [0.15, 0.2) is 0 Å². The van der Waals surface area contributed by atoms with E-state index in [-0.39, 0.29) is 12.6 Å². The quantitative estimate of drug-likeness (QED) is 0.816. The van der Waals surface area contributed by atoms with Gasteiger partial charge in [-0.15, -0.1) is 0 Å². The molecule has 1 aliphatic carbocycles. The van der Waals surface area contributed by atoms with Crippen LogP contribution < -0.4 is 5.73 Å². The maximum Gasteiger partial charge on any atom is 0.129 e. The number of aliphatic hydroxyl groups excluding tert-OH is 1. The van der Waals surface area contributed by atoms with Crippen LogP contribution in [0, 0.1) is 0 Å². The second-order valence-electron chi connectivity index (χ2n) is 4.35. The minimum atomic E-state index is -0.381. The summed E-state index contributed by atoms with van der Waals surface area (Å²) in [5, 5.41) is 9.16. The first-order valence-corrected chi connectivity index (χ1v) is 5.64. The number of imidazole rings is 1. The summed E-state index contributed by atoms with van der Waals surface area (Å²) < 4.78 is 2.19. The van der Waals surface area contributed by atoms with Crippen LogP contribution in [0.5, 0.6) is 0 Å². The van der Waals surface area contributed by atoms with Crippen LogP contribution in [-0.2, 0) is 0 Å². The van der Waals surface area contributed by atoms with Gasteiger partial charge >= 0.3 is 0 Å². The molecule has 4 nitrogen and oxygen atoms in total. The molecule has 0 saturated heterocycles. The Balaban J connectivity index is 2.22. The molecule has 1 aromatic heterocycles. The van der Waals surface area contributed by atoms with E-state index in [1.807, 2.05) is 18.2 Å². The number of benzene rings is 1. The largest absolute Gasteiger partial charge is 0.394 e. The molecule has 2 aromatic rings. The summed E-state index contributed by atoms with van der Waals surface area (Å²) in [6, 6.07) is 8.18. The number of hydrogen-bond acceptors (Lipinski definition) is 3. The van der Waals surface area contributed by atoms with Gasteiger partial charge in [0.1, 0.15) is 5.82 Å². The number of aliphatic hydroxyl groups is 1. The molecule has 1 atom stereocenters. The third-order valence-corrected chi connectivity index (χ3v) is 3.06. The number of nitrogens with two attached hydrogens (primary N) is 1. The van der Waals surface area contributed by atoms with Crippen LogP contribution in [-0.4, -0.2) is 21.3 Å². The smallest absolute Gasteiger partial charge is 0.129 e. The van der Waals surface area contributed by atoms with Crippen LogP contribution in [0.1, 0.15) is 30.7 Å². The monoisotopic (exact) mass is 217 g/mol. The highest BCUT2D eigenvalue weighted by molar-refractivity contribution is 5.76. The van der Waals surface area contributed by atoms with E-state index in [1.54, 1.807) is 0 Å². The van der Waals surface area contributed by atoms with E-state index in [4.69, 9.17) is 10.8 Å². The van der Waals surface area contributed by atoms with Crippen LogP contribution >= 0.6 is 0 Å². The van der Waals surface area contributed by atoms with E-state index in [2.05, 4.69) is 15.6 Å². The van der Waals surface area contributed by atoms with Crippen molar-refractivity contribution >= 4 is 11.0 Å². The molecule has 0 spiro atoms. The highest BCUT2D eigenvalue weighted by Crippen LogP contribution is 2.39. The van der Waals surface area contributed by atoms with Crippen molar-refractivity contribution in [2.24, 2.45) is 5.73 Å². The average molecular weight is 217 g/mol. The molecule has 3 N–H and O–H groups in total. The second kappa shape index (κ2) is 3.57. The molecule has 3 rings (SSSR count). The molecule has 1 aromatic carbocycles. The number of fused-ring (bicyclic) bond motifs is 1. The van der Waals surface area contributed by atoms with Gasteiger partial charge < -0.3 is 15.4 Å². The predicted molar refractivity (Wildman–Crippen MR) is 62.0 cm³/mol. The normalized spacial score (nSPS) is 17.9. The highest BCUT2D eigenvalue weighted by atomic mass is 16.3. The van der Waals surface area contributed by atoms with E-state index >= 15 is 0 Å². The Morgan fingerprint density at radius 2 is 2.19 bits per heavy atom. The Morgan fingerprint density at radius 1 is 1.44 bits per heavy atom. The molecule has 84 valence electrons. The maximum atomic E-state index is 9.16. The fourth-order valence-corrected chi connectivity index (χ4v) is 2.12. The molecule has 0 radical (unpaired) electrons. The van der Waals surface area contributed by atoms with Crippen molar-refractivity contribution in [3.8, 4) is 0 Å². The molecular formula is C12H15N3O. The number of nitrogens with zero attached hydrogens (tertiary/aromatic N) is 2. The van der Waals surface area contributed by atoms with Gasteiger partial charge in [-0.3, -0.25) is 0 Å². The van der Waals surface area contributed by atoms with Gasteiger partial charge in [-0.05, 0) is 25.0 Å². The van der Waals surface area contributed by atoms with Crippen molar-refractivity contribution in [3.63, 3.8) is 0 Å². The van der Waals surface area contributed by atoms with Crippen molar-refractivity contribution < 1.29 is 5.11 Å². The van der Waals surface area contributed by atoms with E-state index in [0.717, 1.165) is 16.9 Å². The Morgan fingerprint density at radius 3 is 2.88 bits per heavy atom. The van der Waals surface area contributed by atoms with Crippen molar-refractivity contribution in [2.45, 2.75) is 24.9 Å². The molecular weight excluding hydrogens is 202 g/mol. The van der Waals surface area contributed by atoms with Crippen LogP contribution in [0.2, 0.25) is 0 Å². The molecule has 0 amide bonds. The molecule has 1 aliphatic rings. The lowest BCUT2D eigenvalue weighted by Gasteiger charge is -2.11. The summed E-state index contributed by atoms with van der Waals surface area (Å²) in [6.07, 6.45) is 2.37. The van der Waals surface area contributed by atoms with Crippen LogP contribution in [0.25, 0.3) is 11.0 Å². The fraction of sp³-hybridized carbons (Fsp3) is 0.417. The third kappa shape index (κ3) is 1.42. The molecule has 0 bridgehead atoms. The standard InChI is InChI=1S/C12H15N3O/c13-9(7-16)12-14-10-3-1-2-4-11(10)15(12)8-5-6-8/h1-4,8-9,16H,5-7,13H2. The Kier molecular flexibility index (Phi) is 2.19. The second-order valence-corrected chi connectivity index (χ2v) is 4.35. The van der Waals surface area contributed by atoms with Gasteiger partial charge in [0.2, 0.25) is 0 Å². The van der Waals surface area contributed by atoms with Gasteiger partial charge in [-0.1, -0.05) is 12.1 Å². The molecule has 1 heterocycles. The third-order valence-electron chi connectivity index (χ3n) is 3.06. The van der Waals surface area contributed by atoms with Gasteiger partial charge in [0.25, 0.3) is 0 Å². The van der Waals surface area contributed by atoms with Crippen molar-refractivity contribution in [1.29, 1.82) is 0 Å². The zero-order chi connectivity index (χ0) is 11.1. The molecule has 1 unspecified atom stereocenters. The fourth-order valence-electron chi connectivity index (χ4n) is 2.12. The Bertz CT molecular complexity index is 516. The molecule has 1 saturated carbocycles. The number of hydrogen-bond donors (Lipinski definition) is 2. The number of aromatic nitrogens is 2. The van der Waals surface area contributed by atoms with Crippen LogP contribution in [0.15, 0.2) is 24.3 Å². The van der Waals surface area contributed by atoms with Gasteiger partial charge in [-0.2, -0.15) is 0 Å². The Hall–Kier alpha value is -1.39. The van der Waals surface area contributed by atoms with Gasteiger partial charge in [0, 0.05) is 6.04 Å². The van der Waals surface area contributed by atoms with Gasteiger partial charge in [0.05, 0.1) is 23.7 Å². The summed E-state index contributed by atoms with van der Waals surface area (Å²) >= 11 is 0. The molecule has 0 aliphatic heterocycles. The summed E-state index contributed by atoms with van der Waals surface area (Å²) in [5.41, 5.74) is 7.99. The molecule has 16 heavy (non-hydrogen) atoms. The molecule has 1 fully saturated rings. The lowest BCUT2D eigenvalue weighted by Crippen LogP contribution is -2.19. The van der Waals surface area contributed by atoms with E-state index in [1.165, 1.54) is 12.8 Å². The summed E-state index contributed by atoms with van der Waals surface area (Å²) in [6.45, 7) is -0.0595. The van der Waals surface area contributed by atoms with E-state index in [0.29, 0.717) is 6.04 Å². The first-order chi connectivity index (χ1) is 7.81. The van der Waals surface area contributed by atoms with Gasteiger partial charge in [-0.25, -0.2) is 4.98 Å². The van der Waals surface area contributed by atoms with Crippen molar-refractivity contribution in [2.75, 3.05) is 6.61 Å². The first kappa shape index (κ1) is 9.81. The van der Waals surface area contributed by atoms with Crippen LogP contribution in [0.3, 0.4) is 0 Å². The number of para-hydroxylation sites is 2. The molecule has 4 heteroatoms. The summed E-state index contributed by atoms with van der Waals surface area (Å²) in [5.74, 6) is 0.811. The highest BCUT2D eigenvalue weighted by Gasteiger charge is 2.29. The van der Waals surface area contributed by atoms with E-state index < -0.39 is 0 Å². The van der Waals surface area contributed by atoms with Crippen LogP contribution in [0.4, 0.5) is 0 Å². The lowest BCUT2D eigenvalue weighted by atomic mass is 10.3. The minimum Gasteiger partial charge on any atom is -0.394 e. The Labute approximate surface area is 93.7 Å². The maximum absolute atomic E-state index is 9.16. The lowest BCUT2D eigenvalue weighted by molar-refractivity contribution is 0.261.